The number of rotatable bonds is 4. The lowest BCUT2D eigenvalue weighted by Crippen LogP contribution is -2.50. The number of sulfonamides is 1. The first-order valence-corrected chi connectivity index (χ1v) is 11.3. The Labute approximate surface area is 175 Å². The molecule has 0 radical (unpaired) electrons. The van der Waals surface area contributed by atoms with E-state index in [4.69, 9.17) is 0 Å². The van der Waals surface area contributed by atoms with Crippen molar-refractivity contribution in [3.05, 3.63) is 66.1 Å². The number of nitrogens with zero attached hydrogens (tertiary/aromatic N) is 4. The van der Waals surface area contributed by atoms with Crippen LogP contribution in [0.5, 0.6) is 0 Å². The fourth-order valence-electron chi connectivity index (χ4n) is 3.70. The lowest BCUT2D eigenvalue weighted by Gasteiger charge is -2.36. The molecule has 9 heteroatoms. The normalized spacial score (nSPS) is 18.2. The largest absolute Gasteiger partial charge is 0.353 e. The summed E-state index contributed by atoms with van der Waals surface area (Å²) in [7, 11) is -3.71. The van der Waals surface area contributed by atoms with Crippen LogP contribution < -0.4 is 4.90 Å². The standard InChI is InChI=1S/C21H23FN4O3S/c22-18-4-6-19(7-5-18)30(28,29)26-11-8-17(9-12-26)21(27)25-15-13-24(14-16-25)20-3-1-2-10-23-20/h1-8,10H,9,11-16H2. The second-order valence-corrected chi connectivity index (χ2v) is 9.20. The van der Waals surface area contributed by atoms with E-state index in [1.54, 1.807) is 12.3 Å². The molecule has 158 valence electrons. The molecule has 1 aromatic carbocycles. The van der Waals surface area contributed by atoms with Gasteiger partial charge >= 0.3 is 0 Å². The van der Waals surface area contributed by atoms with Crippen LogP contribution in [0.25, 0.3) is 0 Å². The van der Waals surface area contributed by atoms with Crippen molar-refractivity contribution < 1.29 is 17.6 Å². The molecule has 1 amide bonds. The van der Waals surface area contributed by atoms with Gasteiger partial charge in [-0.25, -0.2) is 17.8 Å². The average Bonchev–Trinajstić information content (AvgIpc) is 2.80. The third kappa shape index (κ3) is 4.22. The van der Waals surface area contributed by atoms with Gasteiger partial charge in [0, 0.05) is 51.0 Å². The number of piperazine rings is 1. The van der Waals surface area contributed by atoms with Crippen LogP contribution >= 0.6 is 0 Å². The number of pyridine rings is 1. The predicted octanol–water partition coefficient (Wildman–Crippen LogP) is 1.89. The van der Waals surface area contributed by atoms with Gasteiger partial charge in [0.05, 0.1) is 4.90 Å². The van der Waals surface area contributed by atoms with Gasteiger partial charge in [0.25, 0.3) is 0 Å². The molecule has 0 bridgehead atoms. The quantitative estimate of drug-likeness (QED) is 0.741. The maximum atomic E-state index is 13.1. The van der Waals surface area contributed by atoms with E-state index in [0.717, 1.165) is 18.0 Å². The van der Waals surface area contributed by atoms with E-state index in [9.17, 15) is 17.6 Å². The highest BCUT2D eigenvalue weighted by Gasteiger charge is 2.30. The Morgan fingerprint density at radius 1 is 0.967 bits per heavy atom. The van der Waals surface area contributed by atoms with Crippen LogP contribution in [0.2, 0.25) is 0 Å². The van der Waals surface area contributed by atoms with Crippen molar-refractivity contribution in [1.82, 2.24) is 14.2 Å². The summed E-state index contributed by atoms with van der Waals surface area (Å²) in [6.07, 6.45) is 3.81. The summed E-state index contributed by atoms with van der Waals surface area (Å²) in [5.41, 5.74) is 0.645. The number of carbonyl (C=O) groups excluding carboxylic acids is 1. The van der Waals surface area contributed by atoms with Gasteiger partial charge in [-0.3, -0.25) is 4.79 Å². The molecule has 0 saturated carbocycles. The van der Waals surface area contributed by atoms with Gasteiger partial charge in [-0.1, -0.05) is 12.1 Å². The molecule has 7 nitrogen and oxygen atoms in total. The summed E-state index contributed by atoms with van der Waals surface area (Å²) in [6, 6.07) is 10.6. The number of hydrogen-bond donors (Lipinski definition) is 0. The number of benzene rings is 1. The van der Waals surface area contributed by atoms with Gasteiger partial charge in [-0.05, 0) is 42.8 Å². The Kier molecular flexibility index (Phi) is 5.83. The monoisotopic (exact) mass is 430 g/mol. The Morgan fingerprint density at radius 3 is 2.30 bits per heavy atom. The number of aromatic nitrogens is 1. The van der Waals surface area contributed by atoms with Crippen LogP contribution in [-0.4, -0.2) is 67.8 Å². The zero-order valence-corrected chi connectivity index (χ0v) is 17.3. The molecule has 2 aliphatic rings. The van der Waals surface area contributed by atoms with E-state index in [0.29, 0.717) is 38.2 Å². The molecule has 2 aromatic rings. The van der Waals surface area contributed by atoms with Gasteiger partial charge in [0.15, 0.2) is 0 Å². The molecular weight excluding hydrogens is 407 g/mol. The van der Waals surface area contributed by atoms with Crippen LogP contribution in [0.3, 0.4) is 0 Å². The second-order valence-electron chi connectivity index (χ2n) is 7.26. The number of hydrogen-bond acceptors (Lipinski definition) is 5. The van der Waals surface area contributed by atoms with Crippen molar-refractivity contribution in [2.24, 2.45) is 0 Å². The average molecular weight is 431 g/mol. The second kappa shape index (κ2) is 8.53. The predicted molar refractivity (Wildman–Crippen MR) is 111 cm³/mol. The van der Waals surface area contributed by atoms with E-state index in [2.05, 4.69) is 9.88 Å². The van der Waals surface area contributed by atoms with Crippen LogP contribution in [-0.2, 0) is 14.8 Å². The molecular formula is C21H23FN4O3S. The van der Waals surface area contributed by atoms with Crippen molar-refractivity contribution in [1.29, 1.82) is 0 Å². The SMILES string of the molecule is O=C(C1=CCN(S(=O)(=O)c2ccc(F)cc2)CC1)N1CCN(c2ccccn2)CC1. The minimum Gasteiger partial charge on any atom is -0.353 e. The van der Waals surface area contributed by atoms with E-state index >= 15 is 0 Å². The molecule has 0 N–H and O–H groups in total. The Hall–Kier alpha value is -2.78. The zero-order chi connectivity index (χ0) is 21.1. The minimum absolute atomic E-state index is 0.0329. The van der Waals surface area contributed by atoms with E-state index in [-0.39, 0.29) is 23.9 Å². The lowest BCUT2D eigenvalue weighted by atomic mass is 10.1. The van der Waals surface area contributed by atoms with Crippen molar-refractivity contribution in [2.75, 3.05) is 44.2 Å². The summed E-state index contributed by atoms with van der Waals surface area (Å²) in [5, 5.41) is 0. The third-order valence-electron chi connectivity index (χ3n) is 5.44. The molecule has 3 heterocycles. The van der Waals surface area contributed by atoms with Gasteiger partial charge < -0.3 is 9.80 Å². The highest BCUT2D eigenvalue weighted by atomic mass is 32.2. The van der Waals surface area contributed by atoms with E-state index in [1.807, 2.05) is 23.1 Å². The molecule has 0 atom stereocenters. The van der Waals surface area contributed by atoms with E-state index < -0.39 is 15.8 Å². The summed E-state index contributed by atoms with van der Waals surface area (Å²) >= 11 is 0. The fraction of sp³-hybridized carbons (Fsp3) is 0.333. The van der Waals surface area contributed by atoms with Crippen molar-refractivity contribution >= 4 is 21.7 Å². The van der Waals surface area contributed by atoms with Crippen LogP contribution in [0.1, 0.15) is 6.42 Å². The molecule has 0 aliphatic carbocycles. The van der Waals surface area contributed by atoms with E-state index in [1.165, 1.54) is 16.4 Å². The van der Waals surface area contributed by atoms with Gasteiger partial charge in [0.1, 0.15) is 11.6 Å². The highest BCUT2D eigenvalue weighted by Crippen LogP contribution is 2.22. The zero-order valence-electron chi connectivity index (χ0n) is 16.4. The Balaban J connectivity index is 1.36. The van der Waals surface area contributed by atoms with Crippen LogP contribution in [0.15, 0.2) is 65.2 Å². The Bertz CT molecular complexity index is 1030. The maximum absolute atomic E-state index is 13.1. The summed E-state index contributed by atoms with van der Waals surface area (Å²) < 4.78 is 39.8. The van der Waals surface area contributed by atoms with Crippen molar-refractivity contribution in [3.8, 4) is 0 Å². The summed E-state index contributed by atoms with van der Waals surface area (Å²) in [5.74, 6) is 0.390. The summed E-state index contributed by atoms with van der Waals surface area (Å²) in [6.45, 7) is 2.98. The highest BCUT2D eigenvalue weighted by molar-refractivity contribution is 7.89. The van der Waals surface area contributed by atoms with Gasteiger partial charge in [-0.2, -0.15) is 4.31 Å². The van der Waals surface area contributed by atoms with Crippen molar-refractivity contribution in [2.45, 2.75) is 11.3 Å². The smallest absolute Gasteiger partial charge is 0.249 e. The maximum Gasteiger partial charge on any atom is 0.249 e. The molecule has 1 aromatic heterocycles. The topological polar surface area (TPSA) is 73.8 Å². The van der Waals surface area contributed by atoms with Crippen LogP contribution in [0, 0.1) is 5.82 Å². The lowest BCUT2D eigenvalue weighted by molar-refractivity contribution is -0.127. The molecule has 1 saturated heterocycles. The molecule has 0 unspecified atom stereocenters. The van der Waals surface area contributed by atoms with Crippen LogP contribution in [0.4, 0.5) is 10.2 Å². The number of anilines is 1. The first kappa shape index (κ1) is 20.5. The molecule has 1 fully saturated rings. The first-order chi connectivity index (χ1) is 14.4. The Morgan fingerprint density at radius 2 is 1.70 bits per heavy atom. The fourth-order valence-corrected chi connectivity index (χ4v) is 5.08. The summed E-state index contributed by atoms with van der Waals surface area (Å²) in [4.78, 5) is 21.2. The minimum atomic E-state index is -3.71. The number of halogens is 1. The van der Waals surface area contributed by atoms with Gasteiger partial charge in [0.2, 0.25) is 15.9 Å². The molecule has 4 rings (SSSR count). The molecule has 0 spiro atoms. The number of amides is 1. The third-order valence-corrected chi connectivity index (χ3v) is 7.32. The van der Waals surface area contributed by atoms with Gasteiger partial charge in [-0.15, -0.1) is 0 Å². The number of carbonyl (C=O) groups is 1. The molecule has 2 aliphatic heterocycles. The first-order valence-electron chi connectivity index (χ1n) is 9.85. The van der Waals surface area contributed by atoms with Crippen molar-refractivity contribution in [3.63, 3.8) is 0 Å². The molecule has 30 heavy (non-hydrogen) atoms.